The van der Waals surface area contributed by atoms with Gasteiger partial charge in [-0.2, -0.15) is 13.2 Å². The zero-order chi connectivity index (χ0) is 17.2. The van der Waals surface area contributed by atoms with Crippen LogP contribution in [0.25, 0.3) is 0 Å². The minimum atomic E-state index is -4.45. The van der Waals surface area contributed by atoms with Gasteiger partial charge in [0.1, 0.15) is 12.7 Å². The highest BCUT2D eigenvalue weighted by Gasteiger charge is 2.30. The maximum Gasteiger partial charge on any atom is 0.416 e. The van der Waals surface area contributed by atoms with Gasteiger partial charge in [-0.25, -0.2) is 0 Å². The normalized spacial score (nSPS) is 16.5. The van der Waals surface area contributed by atoms with Gasteiger partial charge in [-0.1, -0.05) is 18.2 Å². The van der Waals surface area contributed by atoms with Gasteiger partial charge in [0.05, 0.1) is 12.0 Å². The van der Waals surface area contributed by atoms with Crippen molar-refractivity contribution in [3.63, 3.8) is 0 Å². The zero-order valence-electron chi connectivity index (χ0n) is 12.5. The van der Waals surface area contributed by atoms with E-state index in [0.29, 0.717) is 11.5 Å². The summed E-state index contributed by atoms with van der Waals surface area (Å²) in [6, 6.07) is 11.6. The molecule has 1 aliphatic heterocycles. The van der Waals surface area contributed by atoms with Crippen molar-refractivity contribution < 1.29 is 27.4 Å². The molecule has 2 aromatic rings. The second-order valence-corrected chi connectivity index (χ2v) is 5.33. The summed E-state index contributed by atoms with van der Waals surface area (Å²) < 4.78 is 49.2. The molecule has 2 aromatic carbocycles. The Labute approximate surface area is 136 Å². The van der Waals surface area contributed by atoms with Crippen LogP contribution in [-0.2, 0) is 11.0 Å². The van der Waals surface area contributed by atoms with E-state index in [2.05, 4.69) is 5.32 Å². The number of anilines is 1. The molecule has 24 heavy (non-hydrogen) atoms. The molecule has 1 amide bonds. The Hall–Kier alpha value is -2.70. The number of hydrogen-bond acceptors (Lipinski definition) is 3. The van der Waals surface area contributed by atoms with Gasteiger partial charge >= 0.3 is 6.18 Å². The number of halogens is 3. The molecule has 1 aliphatic rings. The number of fused-ring (bicyclic) bond motifs is 1. The predicted molar refractivity (Wildman–Crippen MR) is 81.0 cm³/mol. The standard InChI is InChI=1S/C17H14F3NO3/c18-17(19,20)11-4-3-5-12(8-11)21-16(22)9-13-10-23-14-6-1-2-7-15(14)24-13/h1-8,13H,9-10H2,(H,21,22). The molecule has 0 aromatic heterocycles. The van der Waals surface area contributed by atoms with E-state index in [-0.39, 0.29) is 18.7 Å². The van der Waals surface area contributed by atoms with Gasteiger partial charge < -0.3 is 14.8 Å². The molecular weight excluding hydrogens is 323 g/mol. The average molecular weight is 337 g/mol. The Bertz CT molecular complexity index is 746. The smallest absolute Gasteiger partial charge is 0.416 e. The average Bonchev–Trinajstić information content (AvgIpc) is 2.54. The number of amides is 1. The third-order valence-corrected chi connectivity index (χ3v) is 3.45. The van der Waals surface area contributed by atoms with E-state index in [1.54, 1.807) is 18.2 Å². The quantitative estimate of drug-likeness (QED) is 0.925. The highest BCUT2D eigenvalue weighted by Crippen LogP contribution is 2.32. The van der Waals surface area contributed by atoms with Gasteiger partial charge in [0.2, 0.25) is 5.91 Å². The lowest BCUT2D eigenvalue weighted by Gasteiger charge is -2.26. The number of para-hydroxylation sites is 2. The van der Waals surface area contributed by atoms with E-state index in [0.717, 1.165) is 12.1 Å². The second kappa shape index (κ2) is 6.43. The third kappa shape index (κ3) is 3.79. The van der Waals surface area contributed by atoms with Crippen LogP contribution in [0.2, 0.25) is 0 Å². The number of carbonyl (C=O) groups is 1. The third-order valence-electron chi connectivity index (χ3n) is 3.45. The molecular formula is C17H14F3NO3. The van der Waals surface area contributed by atoms with Gasteiger partial charge in [0.25, 0.3) is 0 Å². The molecule has 3 rings (SSSR count). The highest BCUT2D eigenvalue weighted by molar-refractivity contribution is 5.91. The van der Waals surface area contributed by atoms with E-state index in [4.69, 9.17) is 9.47 Å². The van der Waals surface area contributed by atoms with E-state index in [1.807, 2.05) is 6.07 Å². The van der Waals surface area contributed by atoms with Crippen molar-refractivity contribution in [1.82, 2.24) is 0 Å². The summed E-state index contributed by atoms with van der Waals surface area (Å²) in [6.07, 6.45) is -4.97. The van der Waals surface area contributed by atoms with E-state index >= 15 is 0 Å². The molecule has 0 radical (unpaired) electrons. The summed E-state index contributed by atoms with van der Waals surface area (Å²) >= 11 is 0. The van der Waals surface area contributed by atoms with Crippen LogP contribution in [0.1, 0.15) is 12.0 Å². The van der Waals surface area contributed by atoms with Crippen LogP contribution in [0, 0.1) is 0 Å². The van der Waals surface area contributed by atoms with Crippen LogP contribution >= 0.6 is 0 Å². The molecule has 0 saturated carbocycles. The molecule has 126 valence electrons. The van der Waals surface area contributed by atoms with Gasteiger partial charge in [-0.3, -0.25) is 4.79 Å². The highest BCUT2D eigenvalue weighted by atomic mass is 19.4. The van der Waals surface area contributed by atoms with Gasteiger partial charge in [0.15, 0.2) is 11.5 Å². The first-order valence-corrected chi connectivity index (χ1v) is 7.27. The fourth-order valence-corrected chi connectivity index (χ4v) is 2.36. The summed E-state index contributed by atoms with van der Waals surface area (Å²) in [5.74, 6) is 0.704. The van der Waals surface area contributed by atoms with Crippen LogP contribution in [0.3, 0.4) is 0 Å². The van der Waals surface area contributed by atoms with Crippen molar-refractivity contribution >= 4 is 11.6 Å². The molecule has 0 fully saturated rings. The Morgan fingerprint density at radius 2 is 1.88 bits per heavy atom. The molecule has 1 atom stereocenters. The Morgan fingerprint density at radius 1 is 1.12 bits per heavy atom. The van der Waals surface area contributed by atoms with Crippen LogP contribution in [0.15, 0.2) is 48.5 Å². The molecule has 0 aliphatic carbocycles. The topological polar surface area (TPSA) is 47.6 Å². The Morgan fingerprint density at radius 3 is 2.62 bits per heavy atom. The van der Waals surface area contributed by atoms with Crippen LogP contribution in [0.5, 0.6) is 11.5 Å². The van der Waals surface area contributed by atoms with E-state index in [9.17, 15) is 18.0 Å². The van der Waals surface area contributed by atoms with Crippen molar-refractivity contribution in [3.8, 4) is 11.5 Å². The summed E-state index contributed by atoms with van der Waals surface area (Å²) in [7, 11) is 0. The first kappa shape index (κ1) is 16.2. The van der Waals surface area contributed by atoms with Crippen LogP contribution in [-0.4, -0.2) is 18.6 Å². The number of alkyl halides is 3. The number of rotatable bonds is 3. The maximum absolute atomic E-state index is 12.7. The summed E-state index contributed by atoms with van der Waals surface area (Å²) in [5.41, 5.74) is -0.724. The number of benzene rings is 2. The molecule has 1 N–H and O–H groups in total. The monoisotopic (exact) mass is 337 g/mol. The molecule has 1 heterocycles. The van der Waals surface area contributed by atoms with Crippen molar-refractivity contribution in [2.24, 2.45) is 0 Å². The fourth-order valence-electron chi connectivity index (χ4n) is 2.36. The van der Waals surface area contributed by atoms with E-state index < -0.39 is 23.8 Å². The summed E-state index contributed by atoms with van der Waals surface area (Å²) in [4.78, 5) is 12.0. The Balaban J connectivity index is 1.61. The first-order valence-electron chi connectivity index (χ1n) is 7.27. The van der Waals surface area contributed by atoms with Crippen molar-refractivity contribution in [1.29, 1.82) is 0 Å². The summed E-state index contributed by atoms with van der Waals surface area (Å²) in [5, 5.41) is 2.45. The SMILES string of the molecule is O=C(CC1COc2ccccc2O1)Nc1cccc(C(F)(F)F)c1. The van der Waals surface area contributed by atoms with Crippen molar-refractivity contribution in [2.75, 3.05) is 11.9 Å². The second-order valence-electron chi connectivity index (χ2n) is 5.33. The summed E-state index contributed by atoms with van der Waals surface area (Å²) in [6.45, 7) is 0.201. The molecule has 0 bridgehead atoms. The first-order chi connectivity index (χ1) is 11.4. The number of nitrogens with one attached hydrogen (secondary N) is 1. The number of hydrogen-bond donors (Lipinski definition) is 1. The zero-order valence-corrected chi connectivity index (χ0v) is 12.5. The number of carbonyl (C=O) groups excluding carboxylic acids is 1. The van der Waals surface area contributed by atoms with Gasteiger partial charge in [0, 0.05) is 5.69 Å². The molecule has 7 heteroatoms. The largest absolute Gasteiger partial charge is 0.486 e. The fraction of sp³-hybridized carbons (Fsp3) is 0.235. The lowest BCUT2D eigenvalue weighted by Crippen LogP contribution is -2.33. The van der Waals surface area contributed by atoms with Crippen molar-refractivity contribution in [3.05, 3.63) is 54.1 Å². The molecule has 0 saturated heterocycles. The lowest BCUT2D eigenvalue weighted by atomic mass is 10.1. The molecule has 1 unspecified atom stereocenters. The van der Waals surface area contributed by atoms with Gasteiger partial charge in [-0.15, -0.1) is 0 Å². The number of ether oxygens (including phenoxy) is 2. The Kier molecular flexibility index (Phi) is 4.33. The minimum Gasteiger partial charge on any atom is -0.486 e. The predicted octanol–water partition coefficient (Wildman–Crippen LogP) is 3.87. The lowest BCUT2D eigenvalue weighted by molar-refractivity contribution is -0.137. The maximum atomic E-state index is 12.7. The molecule has 0 spiro atoms. The minimum absolute atomic E-state index is 0.0232. The van der Waals surface area contributed by atoms with Crippen molar-refractivity contribution in [2.45, 2.75) is 18.7 Å². The molecule has 4 nitrogen and oxygen atoms in total. The van der Waals surface area contributed by atoms with Crippen LogP contribution < -0.4 is 14.8 Å². The van der Waals surface area contributed by atoms with E-state index in [1.165, 1.54) is 12.1 Å². The van der Waals surface area contributed by atoms with Gasteiger partial charge in [-0.05, 0) is 30.3 Å². The van der Waals surface area contributed by atoms with Crippen LogP contribution in [0.4, 0.5) is 18.9 Å².